The number of rotatable bonds is 6. The number of hydrogen-bond donors (Lipinski definition) is 1. The fourth-order valence-corrected chi connectivity index (χ4v) is 2.61. The van der Waals surface area contributed by atoms with E-state index in [0.29, 0.717) is 5.02 Å². The first kappa shape index (κ1) is 22.5. The number of esters is 1. The predicted octanol–water partition coefficient (Wildman–Crippen LogP) is 5.38. The first-order chi connectivity index (χ1) is 13.6. The van der Waals surface area contributed by atoms with Crippen LogP contribution >= 0.6 is 11.6 Å². The minimum atomic E-state index is -0.996. The molecular formula is C23H26ClNO4. The van der Waals surface area contributed by atoms with Crippen LogP contribution < -0.4 is 5.32 Å². The third-order valence-corrected chi connectivity index (χ3v) is 4.12. The zero-order chi connectivity index (χ0) is 21.4. The molecule has 0 spiro atoms. The van der Waals surface area contributed by atoms with Crippen molar-refractivity contribution in [3.8, 4) is 0 Å². The summed E-state index contributed by atoms with van der Waals surface area (Å²) in [6.45, 7) is 7.22. The molecule has 0 bridgehead atoms. The fraction of sp³-hybridized carbons (Fsp3) is 0.304. The highest BCUT2D eigenvalue weighted by molar-refractivity contribution is 6.30. The van der Waals surface area contributed by atoms with Gasteiger partial charge in [-0.2, -0.15) is 0 Å². The van der Waals surface area contributed by atoms with E-state index in [2.05, 4.69) is 5.32 Å². The Bertz CT molecular complexity index is 855. The van der Waals surface area contributed by atoms with Crippen molar-refractivity contribution in [2.75, 3.05) is 0 Å². The lowest BCUT2D eigenvalue weighted by atomic mass is 10.0. The zero-order valence-electron chi connectivity index (χ0n) is 17.1. The fourth-order valence-electron chi connectivity index (χ4n) is 2.48. The van der Waals surface area contributed by atoms with E-state index in [0.717, 1.165) is 16.7 Å². The van der Waals surface area contributed by atoms with Crippen LogP contribution in [0.3, 0.4) is 0 Å². The van der Waals surface area contributed by atoms with Gasteiger partial charge in [-0.15, -0.1) is 0 Å². The monoisotopic (exact) mass is 415 g/mol. The Balaban J connectivity index is 2.17. The van der Waals surface area contributed by atoms with Gasteiger partial charge in [-0.25, -0.2) is 9.59 Å². The molecule has 0 fully saturated rings. The van der Waals surface area contributed by atoms with Gasteiger partial charge in [0.1, 0.15) is 18.2 Å². The van der Waals surface area contributed by atoms with Crippen molar-refractivity contribution in [1.82, 2.24) is 5.32 Å². The Morgan fingerprint density at radius 3 is 2.28 bits per heavy atom. The second-order valence-corrected chi connectivity index (χ2v) is 8.01. The number of carbonyl (C=O) groups is 2. The Morgan fingerprint density at radius 1 is 1.07 bits per heavy atom. The highest BCUT2D eigenvalue weighted by Crippen LogP contribution is 2.18. The number of nitrogens with one attached hydrogen (secondary N) is 1. The van der Waals surface area contributed by atoms with Crippen LogP contribution in [0.4, 0.5) is 4.79 Å². The summed E-state index contributed by atoms with van der Waals surface area (Å²) in [5, 5.41) is 3.20. The summed E-state index contributed by atoms with van der Waals surface area (Å²) in [4.78, 5) is 24.9. The van der Waals surface area contributed by atoms with Gasteiger partial charge < -0.3 is 14.8 Å². The predicted molar refractivity (Wildman–Crippen MR) is 114 cm³/mol. The molecule has 1 N–H and O–H groups in total. The molecule has 0 aliphatic rings. The van der Waals surface area contributed by atoms with E-state index < -0.39 is 23.7 Å². The van der Waals surface area contributed by atoms with E-state index >= 15 is 0 Å². The van der Waals surface area contributed by atoms with Gasteiger partial charge in [0, 0.05) is 5.02 Å². The van der Waals surface area contributed by atoms with Crippen LogP contribution in [0.25, 0.3) is 5.57 Å². The van der Waals surface area contributed by atoms with Crippen molar-refractivity contribution < 1.29 is 19.1 Å². The molecule has 2 rings (SSSR count). The SMILES string of the molecule is C/C(=C\C(NC(=O)OC(C)(C)C)C(=O)OCc1ccccc1)c1ccc(Cl)cc1. The maximum absolute atomic E-state index is 12.7. The Kier molecular flexibility index (Phi) is 7.85. The Hall–Kier alpha value is -2.79. The second-order valence-electron chi connectivity index (χ2n) is 7.57. The van der Waals surface area contributed by atoms with Crippen molar-refractivity contribution in [3.63, 3.8) is 0 Å². The largest absolute Gasteiger partial charge is 0.459 e. The molecule has 0 aliphatic heterocycles. The number of ether oxygens (including phenoxy) is 2. The zero-order valence-corrected chi connectivity index (χ0v) is 17.8. The van der Waals surface area contributed by atoms with Crippen molar-refractivity contribution in [3.05, 3.63) is 76.8 Å². The second kappa shape index (κ2) is 10.1. The molecule has 6 heteroatoms. The number of amides is 1. The number of halogens is 1. The first-order valence-corrected chi connectivity index (χ1v) is 9.66. The molecule has 154 valence electrons. The van der Waals surface area contributed by atoms with Gasteiger partial charge in [-0.3, -0.25) is 0 Å². The summed E-state index contributed by atoms with van der Waals surface area (Å²) in [5.41, 5.74) is 1.84. The number of carbonyl (C=O) groups excluding carboxylic acids is 2. The van der Waals surface area contributed by atoms with Gasteiger partial charge in [0.15, 0.2) is 0 Å². The number of allylic oxidation sites excluding steroid dienone is 1. The van der Waals surface area contributed by atoms with Crippen LogP contribution in [0.15, 0.2) is 60.7 Å². The molecule has 0 radical (unpaired) electrons. The van der Waals surface area contributed by atoms with Crippen molar-refractivity contribution in [2.45, 2.75) is 45.9 Å². The number of hydrogen-bond acceptors (Lipinski definition) is 4. The molecule has 2 aromatic carbocycles. The molecular weight excluding hydrogens is 390 g/mol. The van der Waals surface area contributed by atoms with Crippen LogP contribution in [-0.4, -0.2) is 23.7 Å². The average Bonchev–Trinajstić information content (AvgIpc) is 2.65. The van der Waals surface area contributed by atoms with Crippen molar-refractivity contribution in [2.24, 2.45) is 0 Å². The lowest BCUT2D eigenvalue weighted by molar-refractivity contribution is -0.146. The third-order valence-electron chi connectivity index (χ3n) is 3.87. The molecule has 0 saturated heterocycles. The van der Waals surface area contributed by atoms with E-state index in [4.69, 9.17) is 21.1 Å². The highest BCUT2D eigenvalue weighted by Gasteiger charge is 2.24. The molecule has 0 aromatic heterocycles. The molecule has 1 unspecified atom stereocenters. The van der Waals surface area contributed by atoms with Gasteiger partial charge in [0.05, 0.1) is 0 Å². The van der Waals surface area contributed by atoms with E-state index in [9.17, 15) is 9.59 Å². The topological polar surface area (TPSA) is 64.6 Å². The van der Waals surface area contributed by atoms with Crippen molar-refractivity contribution in [1.29, 1.82) is 0 Å². The molecule has 5 nitrogen and oxygen atoms in total. The molecule has 1 atom stereocenters. The summed E-state index contributed by atoms with van der Waals surface area (Å²) in [5.74, 6) is -0.576. The van der Waals surface area contributed by atoms with E-state index in [-0.39, 0.29) is 6.61 Å². The molecule has 29 heavy (non-hydrogen) atoms. The number of benzene rings is 2. The van der Waals surface area contributed by atoms with Gasteiger partial charge in [0.25, 0.3) is 0 Å². The Morgan fingerprint density at radius 2 is 1.69 bits per heavy atom. The smallest absolute Gasteiger partial charge is 0.408 e. The maximum atomic E-state index is 12.7. The standard InChI is InChI=1S/C23H26ClNO4/c1-16(18-10-12-19(24)13-11-18)14-20(25-22(27)29-23(2,3)4)21(26)28-15-17-8-6-5-7-9-17/h5-14,20H,15H2,1-4H3,(H,25,27)/b16-14+. The van der Waals surface area contributed by atoms with Crippen LogP contribution in [0, 0.1) is 0 Å². The molecule has 0 aliphatic carbocycles. The Labute approximate surface area is 176 Å². The summed E-state index contributed by atoms with van der Waals surface area (Å²) in [6.07, 6.45) is 0.944. The van der Waals surface area contributed by atoms with E-state index in [1.165, 1.54) is 0 Å². The summed E-state index contributed by atoms with van der Waals surface area (Å²) >= 11 is 5.94. The van der Waals surface area contributed by atoms with Gasteiger partial charge in [-0.1, -0.05) is 54.1 Å². The average molecular weight is 416 g/mol. The summed E-state index contributed by atoms with van der Waals surface area (Å²) < 4.78 is 10.7. The third kappa shape index (κ3) is 8.00. The molecule has 0 saturated carbocycles. The van der Waals surface area contributed by atoms with Crippen LogP contribution in [0.5, 0.6) is 0 Å². The van der Waals surface area contributed by atoms with Gasteiger partial charge in [0.2, 0.25) is 0 Å². The van der Waals surface area contributed by atoms with E-state index in [1.807, 2.05) is 49.4 Å². The minimum absolute atomic E-state index is 0.111. The van der Waals surface area contributed by atoms with Gasteiger partial charge in [-0.05, 0) is 62.6 Å². The lowest BCUT2D eigenvalue weighted by Crippen LogP contribution is -2.43. The van der Waals surface area contributed by atoms with Crippen LogP contribution in [-0.2, 0) is 20.9 Å². The molecule has 0 heterocycles. The number of alkyl carbamates (subject to hydrolysis) is 1. The van der Waals surface area contributed by atoms with Crippen LogP contribution in [0.1, 0.15) is 38.8 Å². The maximum Gasteiger partial charge on any atom is 0.408 e. The molecule has 2 aromatic rings. The normalized spacial score (nSPS) is 12.8. The molecule has 1 amide bonds. The summed E-state index contributed by atoms with van der Waals surface area (Å²) in [6, 6.07) is 15.5. The van der Waals surface area contributed by atoms with Gasteiger partial charge >= 0.3 is 12.1 Å². The van der Waals surface area contributed by atoms with Crippen molar-refractivity contribution >= 4 is 29.2 Å². The first-order valence-electron chi connectivity index (χ1n) is 9.28. The minimum Gasteiger partial charge on any atom is -0.459 e. The summed E-state index contributed by atoms with van der Waals surface area (Å²) in [7, 11) is 0. The quantitative estimate of drug-likeness (QED) is 0.643. The highest BCUT2D eigenvalue weighted by atomic mass is 35.5. The van der Waals surface area contributed by atoms with E-state index in [1.54, 1.807) is 39.0 Å². The lowest BCUT2D eigenvalue weighted by Gasteiger charge is -2.22. The van der Waals surface area contributed by atoms with Crippen LogP contribution in [0.2, 0.25) is 5.02 Å².